The summed E-state index contributed by atoms with van der Waals surface area (Å²) in [4.78, 5) is 13.6. The molecule has 0 bridgehead atoms. The van der Waals surface area contributed by atoms with Crippen molar-refractivity contribution in [1.29, 1.82) is 0 Å². The fraction of sp³-hybridized carbons (Fsp3) is 0.214. The number of carbonyl (C=O) groups excluding carboxylic acids is 1. The Labute approximate surface area is 116 Å². The van der Waals surface area contributed by atoms with Crippen molar-refractivity contribution in [3.63, 3.8) is 0 Å². The number of nitrogens with two attached hydrogens (primary N) is 1. The summed E-state index contributed by atoms with van der Waals surface area (Å²) in [7, 11) is 0. The number of hydrogen-bond acceptors (Lipinski definition) is 5. The van der Waals surface area contributed by atoms with E-state index < -0.39 is 5.91 Å². The van der Waals surface area contributed by atoms with Crippen LogP contribution < -0.4 is 16.2 Å². The average Bonchev–Trinajstić information content (AvgIpc) is 2.92. The standard InChI is InChI=1S/C14H17N3O3/c1-2-17(11-4-3-5-12(18)8-11)9-10-6-7-20-13(10)14(19)16-15/h3-8,18H,2,9,15H2,1H3,(H,16,19). The number of phenols is 1. The van der Waals surface area contributed by atoms with Crippen LogP contribution >= 0.6 is 0 Å². The third kappa shape index (κ3) is 2.92. The van der Waals surface area contributed by atoms with E-state index in [-0.39, 0.29) is 11.5 Å². The summed E-state index contributed by atoms with van der Waals surface area (Å²) in [6, 6.07) is 8.69. The molecule has 0 saturated carbocycles. The molecule has 0 spiro atoms. The van der Waals surface area contributed by atoms with Gasteiger partial charge in [0, 0.05) is 30.4 Å². The number of rotatable bonds is 5. The van der Waals surface area contributed by atoms with E-state index in [1.165, 1.54) is 6.26 Å². The lowest BCUT2D eigenvalue weighted by Crippen LogP contribution is -2.31. The second kappa shape index (κ2) is 6.12. The molecule has 2 rings (SSSR count). The third-order valence-electron chi connectivity index (χ3n) is 3.02. The fourth-order valence-electron chi connectivity index (χ4n) is 2.01. The molecule has 0 unspecified atom stereocenters. The van der Waals surface area contributed by atoms with Crippen molar-refractivity contribution in [2.75, 3.05) is 11.4 Å². The van der Waals surface area contributed by atoms with Crippen LogP contribution in [-0.4, -0.2) is 17.6 Å². The maximum absolute atomic E-state index is 11.6. The SMILES string of the molecule is CCN(Cc1ccoc1C(=O)NN)c1cccc(O)c1. The first-order chi connectivity index (χ1) is 9.65. The van der Waals surface area contributed by atoms with E-state index in [1.807, 2.05) is 17.9 Å². The van der Waals surface area contributed by atoms with Crippen LogP contribution in [0.2, 0.25) is 0 Å². The molecule has 0 aliphatic rings. The molecule has 1 heterocycles. The van der Waals surface area contributed by atoms with E-state index in [2.05, 4.69) is 5.43 Å². The van der Waals surface area contributed by atoms with Crippen LogP contribution in [0.5, 0.6) is 5.75 Å². The van der Waals surface area contributed by atoms with Gasteiger partial charge in [-0.2, -0.15) is 0 Å². The lowest BCUT2D eigenvalue weighted by Gasteiger charge is -2.23. The van der Waals surface area contributed by atoms with Crippen molar-refractivity contribution in [2.45, 2.75) is 13.5 Å². The van der Waals surface area contributed by atoms with Gasteiger partial charge in [0.05, 0.1) is 6.26 Å². The highest BCUT2D eigenvalue weighted by atomic mass is 16.3. The Morgan fingerprint density at radius 2 is 2.25 bits per heavy atom. The highest BCUT2D eigenvalue weighted by molar-refractivity contribution is 5.92. The quantitative estimate of drug-likeness (QED) is 0.438. The molecule has 106 valence electrons. The number of nitrogens with zero attached hydrogens (tertiary/aromatic N) is 1. The maximum Gasteiger partial charge on any atom is 0.301 e. The Morgan fingerprint density at radius 3 is 2.90 bits per heavy atom. The van der Waals surface area contributed by atoms with Crippen LogP contribution in [0.4, 0.5) is 5.69 Å². The minimum absolute atomic E-state index is 0.200. The second-order valence-corrected chi connectivity index (χ2v) is 4.28. The van der Waals surface area contributed by atoms with Crippen LogP contribution in [0.25, 0.3) is 0 Å². The number of benzene rings is 1. The van der Waals surface area contributed by atoms with Gasteiger partial charge in [-0.3, -0.25) is 10.2 Å². The molecule has 4 N–H and O–H groups in total. The summed E-state index contributed by atoms with van der Waals surface area (Å²) in [5.74, 6) is 5.06. The number of anilines is 1. The van der Waals surface area contributed by atoms with E-state index in [4.69, 9.17) is 10.3 Å². The van der Waals surface area contributed by atoms with Gasteiger partial charge in [-0.25, -0.2) is 5.84 Å². The summed E-state index contributed by atoms with van der Waals surface area (Å²) < 4.78 is 5.15. The summed E-state index contributed by atoms with van der Waals surface area (Å²) in [5.41, 5.74) is 3.66. The number of carbonyl (C=O) groups is 1. The lowest BCUT2D eigenvalue weighted by atomic mass is 10.2. The van der Waals surface area contributed by atoms with Gasteiger partial charge in [-0.05, 0) is 25.1 Å². The fourth-order valence-corrected chi connectivity index (χ4v) is 2.01. The van der Waals surface area contributed by atoms with Gasteiger partial charge < -0.3 is 14.4 Å². The minimum atomic E-state index is -0.461. The van der Waals surface area contributed by atoms with E-state index in [0.29, 0.717) is 6.54 Å². The van der Waals surface area contributed by atoms with Gasteiger partial charge >= 0.3 is 5.91 Å². The molecule has 0 fully saturated rings. The molecule has 1 aromatic heterocycles. The molecule has 1 aromatic carbocycles. The monoisotopic (exact) mass is 275 g/mol. The zero-order chi connectivity index (χ0) is 14.5. The number of nitrogen functional groups attached to an aromatic ring is 1. The predicted molar refractivity (Wildman–Crippen MR) is 75.2 cm³/mol. The Morgan fingerprint density at radius 1 is 1.45 bits per heavy atom. The minimum Gasteiger partial charge on any atom is -0.508 e. The van der Waals surface area contributed by atoms with Crippen LogP contribution in [0.15, 0.2) is 41.0 Å². The molecule has 20 heavy (non-hydrogen) atoms. The summed E-state index contributed by atoms with van der Waals surface area (Å²) >= 11 is 0. The molecule has 1 amide bonds. The van der Waals surface area contributed by atoms with Gasteiger partial charge in [0.25, 0.3) is 0 Å². The average molecular weight is 275 g/mol. The zero-order valence-electron chi connectivity index (χ0n) is 11.2. The highest BCUT2D eigenvalue weighted by Crippen LogP contribution is 2.23. The van der Waals surface area contributed by atoms with Crippen molar-refractivity contribution in [3.05, 3.63) is 47.9 Å². The Bertz CT molecular complexity index is 595. The number of furan rings is 1. The van der Waals surface area contributed by atoms with Gasteiger partial charge in [-0.15, -0.1) is 0 Å². The Hall–Kier alpha value is -2.47. The second-order valence-electron chi connectivity index (χ2n) is 4.28. The topological polar surface area (TPSA) is 91.7 Å². The normalized spacial score (nSPS) is 10.3. The van der Waals surface area contributed by atoms with Crippen LogP contribution in [0, 0.1) is 0 Å². The predicted octanol–water partition coefficient (Wildman–Crippen LogP) is 1.62. The van der Waals surface area contributed by atoms with Crippen LogP contribution in [0.3, 0.4) is 0 Å². The van der Waals surface area contributed by atoms with Crippen molar-refractivity contribution < 1.29 is 14.3 Å². The van der Waals surface area contributed by atoms with Gasteiger partial charge in [-0.1, -0.05) is 6.07 Å². The lowest BCUT2D eigenvalue weighted by molar-refractivity contribution is 0.0924. The molecule has 0 radical (unpaired) electrons. The molecule has 2 aromatic rings. The summed E-state index contributed by atoms with van der Waals surface area (Å²) in [6.45, 7) is 3.20. The highest BCUT2D eigenvalue weighted by Gasteiger charge is 2.16. The zero-order valence-corrected chi connectivity index (χ0v) is 11.2. The Kier molecular flexibility index (Phi) is 4.27. The Balaban J connectivity index is 2.23. The first-order valence-electron chi connectivity index (χ1n) is 6.27. The van der Waals surface area contributed by atoms with Gasteiger partial charge in [0.2, 0.25) is 0 Å². The molecule has 0 saturated heterocycles. The van der Waals surface area contributed by atoms with E-state index >= 15 is 0 Å². The molecular formula is C14H17N3O3. The number of amides is 1. The maximum atomic E-state index is 11.6. The summed E-state index contributed by atoms with van der Waals surface area (Å²) in [5, 5.41) is 9.54. The van der Waals surface area contributed by atoms with E-state index in [9.17, 15) is 9.90 Å². The van der Waals surface area contributed by atoms with Crippen LogP contribution in [0.1, 0.15) is 23.0 Å². The smallest absolute Gasteiger partial charge is 0.301 e. The number of nitrogens with one attached hydrogen (secondary N) is 1. The first kappa shape index (κ1) is 14.0. The number of hydrazine groups is 1. The molecule has 6 heteroatoms. The molecular weight excluding hydrogens is 258 g/mol. The van der Waals surface area contributed by atoms with Gasteiger partial charge in [0.1, 0.15) is 5.75 Å². The molecule has 6 nitrogen and oxygen atoms in total. The van der Waals surface area contributed by atoms with E-state index in [0.717, 1.165) is 17.8 Å². The molecule has 0 atom stereocenters. The molecule has 0 aliphatic heterocycles. The number of aromatic hydroxyl groups is 1. The van der Waals surface area contributed by atoms with Crippen molar-refractivity contribution in [3.8, 4) is 5.75 Å². The van der Waals surface area contributed by atoms with Crippen LogP contribution in [-0.2, 0) is 6.54 Å². The van der Waals surface area contributed by atoms with E-state index in [1.54, 1.807) is 24.3 Å². The number of hydrogen-bond donors (Lipinski definition) is 3. The van der Waals surface area contributed by atoms with Crippen molar-refractivity contribution >= 4 is 11.6 Å². The third-order valence-corrected chi connectivity index (χ3v) is 3.02. The molecule has 0 aliphatic carbocycles. The van der Waals surface area contributed by atoms with Gasteiger partial charge in [0.15, 0.2) is 5.76 Å². The summed E-state index contributed by atoms with van der Waals surface area (Å²) in [6.07, 6.45) is 1.45. The first-order valence-corrected chi connectivity index (χ1v) is 6.27. The number of phenolic OH excluding ortho intramolecular Hbond substituents is 1. The van der Waals surface area contributed by atoms with Crippen molar-refractivity contribution in [2.24, 2.45) is 5.84 Å². The van der Waals surface area contributed by atoms with Crippen molar-refractivity contribution in [1.82, 2.24) is 5.43 Å². The largest absolute Gasteiger partial charge is 0.508 e.